The SMILES string of the molecule is C[C@@H]1C[C@@H](C)CN(CCCNC(=O)C2CCN(Cc3ccccc3Cl)CC2)C1. The number of likely N-dealkylation sites (tertiary alicyclic amines) is 2. The van der Waals surface area contributed by atoms with Crippen LogP contribution >= 0.6 is 11.6 Å². The maximum Gasteiger partial charge on any atom is 0.223 e. The lowest BCUT2D eigenvalue weighted by Crippen LogP contribution is -2.42. The van der Waals surface area contributed by atoms with Gasteiger partial charge in [-0.05, 0) is 68.8 Å². The third kappa shape index (κ3) is 6.47. The van der Waals surface area contributed by atoms with Crippen LogP contribution in [0.25, 0.3) is 0 Å². The molecule has 5 heteroatoms. The lowest BCUT2D eigenvalue weighted by molar-refractivity contribution is -0.126. The monoisotopic (exact) mass is 405 g/mol. The normalized spacial score (nSPS) is 25.0. The van der Waals surface area contributed by atoms with E-state index in [4.69, 9.17) is 11.6 Å². The minimum Gasteiger partial charge on any atom is -0.356 e. The van der Waals surface area contributed by atoms with Gasteiger partial charge < -0.3 is 10.2 Å². The minimum absolute atomic E-state index is 0.164. The first-order valence-corrected chi connectivity index (χ1v) is 11.3. The highest BCUT2D eigenvalue weighted by Crippen LogP contribution is 2.23. The molecule has 156 valence electrons. The maximum atomic E-state index is 12.5. The number of hydrogen-bond donors (Lipinski definition) is 1. The molecule has 0 spiro atoms. The molecule has 0 unspecified atom stereocenters. The molecule has 4 nitrogen and oxygen atoms in total. The van der Waals surface area contributed by atoms with Gasteiger partial charge in [-0.25, -0.2) is 0 Å². The second-order valence-electron chi connectivity index (χ2n) is 8.99. The Morgan fingerprint density at radius 2 is 1.79 bits per heavy atom. The second kappa shape index (κ2) is 10.6. The standard InChI is InChI=1S/C23H36ClN3O/c1-18-14-19(2)16-27(15-18)11-5-10-25-23(28)20-8-12-26(13-9-20)17-21-6-3-4-7-22(21)24/h3-4,6-7,18-20H,5,8-17H2,1-2H3,(H,25,28)/t18-,19-/m1/s1. The number of carbonyl (C=O) groups is 1. The lowest BCUT2D eigenvalue weighted by Gasteiger charge is -2.35. The number of nitrogens with one attached hydrogen (secondary N) is 1. The van der Waals surface area contributed by atoms with Crippen molar-refractivity contribution in [2.45, 2.75) is 46.1 Å². The number of rotatable bonds is 7. The van der Waals surface area contributed by atoms with Crippen molar-refractivity contribution in [2.75, 3.05) is 39.3 Å². The predicted molar refractivity (Wildman–Crippen MR) is 116 cm³/mol. The molecule has 2 aliphatic heterocycles. The second-order valence-corrected chi connectivity index (χ2v) is 9.40. The van der Waals surface area contributed by atoms with Crippen molar-refractivity contribution in [3.05, 3.63) is 34.9 Å². The lowest BCUT2D eigenvalue weighted by atomic mass is 9.92. The zero-order chi connectivity index (χ0) is 19.9. The Morgan fingerprint density at radius 1 is 1.11 bits per heavy atom. The molecule has 1 amide bonds. The van der Waals surface area contributed by atoms with E-state index in [1.165, 1.54) is 25.1 Å². The molecule has 2 atom stereocenters. The van der Waals surface area contributed by atoms with Crippen LogP contribution in [-0.2, 0) is 11.3 Å². The number of benzene rings is 1. The predicted octanol–water partition coefficient (Wildman–Crippen LogP) is 4.04. The van der Waals surface area contributed by atoms with Crippen molar-refractivity contribution < 1.29 is 4.79 Å². The van der Waals surface area contributed by atoms with E-state index in [0.717, 1.165) is 68.8 Å². The van der Waals surface area contributed by atoms with Gasteiger partial charge in [-0.2, -0.15) is 0 Å². The van der Waals surface area contributed by atoms with Gasteiger partial charge in [0, 0.05) is 37.1 Å². The van der Waals surface area contributed by atoms with E-state index in [0.29, 0.717) is 0 Å². The van der Waals surface area contributed by atoms with Gasteiger partial charge in [0.05, 0.1) is 0 Å². The van der Waals surface area contributed by atoms with E-state index in [1.807, 2.05) is 18.2 Å². The molecule has 1 aromatic carbocycles. The van der Waals surface area contributed by atoms with Gasteiger partial charge in [-0.15, -0.1) is 0 Å². The zero-order valence-electron chi connectivity index (χ0n) is 17.5. The Bertz CT molecular complexity index is 620. The number of halogens is 1. The van der Waals surface area contributed by atoms with Crippen LogP contribution < -0.4 is 5.32 Å². The van der Waals surface area contributed by atoms with Crippen molar-refractivity contribution in [2.24, 2.45) is 17.8 Å². The maximum absolute atomic E-state index is 12.5. The fraction of sp³-hybridized carbons (Fsp3) is 0.696. The van der Waals surface area contributed by atoms with Crippen LogP contribution in [0.1, 0.15) is 45.1 Å². The van der Waals surface area contributed by atoms with Gasteiger partial charge in [-0.1, -0.05) is 43.6 Å². The van der Waals surface area contributed by atoms with E-state index >= 15 is 0 Å². The highest BCUT2D eigenvalue weighted by Gasteiger charge is 2.25. The molecule has 3 rings (SSSR count). The average molecular weight is 406 g/mol. The molecule has 1 aromatic rings. The zero-order valence-corrected chi connectivity index (χ0v) is 18.3. The van der Waals surface area contributed by atoms with Crippen molar-refractivity contribution >= 4 is 17.5 Å². The molecule has 2 aliphatic rings. The van der Waals surface area contributed by atoms with Crippen LogP contribution in [0, 0.1) is 17.8 Å². The number of nitrogens with zero attached hydrogens (tertiary/aromatic N) is 2. The minimum atomic E-state index is 0.164. The number of amides is 1. The van der Waals surface area contributed by atoms with Gasteiger partial charge in [0.25, 0.3) is 0 Å². The molecule has 0 aromatic heterocycles. The molecule has 0 radical (unpaired) electrons. The average Bonchev–Trinajstić information content (AvgIpc) is 2.67. The van der Waals surface area contributed by atoms with Crippen LogP contribution in [0.15, 0.2) is 24.3 Å². The van der Waals surface area contributed by atoms with Gasteiger partial charge in [0.2, 0.25) is 5.91 Å². The fourth-order valence-corrected chi connectivity index (χ4v) is 5.05. The Morgan fingerprint density at radius 3 is 2.46 bits per heavy atom. The summed E-state index contributed by atoms with van der Waals surface area (Å²) in [6, 6.07) is 8.04. The first-order valence-electron chi connectivity index (χ1n) is 11.0. The van der Waals surface area contributed by atoms with Crippen molar-refractivity contribution in [3.63, 3.8) is 0 Å². The van der Waals surface area contributed by atoms with Crippen LogP contribution in [0.3, 0.4) is 0 Å². The summed E-state index contributed by atoms with van der Waals surface area (Å²) in [7, 11) is 0. The van der Waals surface area contributed by atoms with Gasteiger partial charge in [0.15, 0.2) is 0 Å². The summed E-state index contributed by atoms with van der Waals surface area (Å²) in [6.07, 6.45) is 4.29. The van der Waals surface area contributed by atoms with Gasteiger partial charge >= 0.3 is 0 Å². The third-order valence-electron chi connectivity index (χ3n) is 6.20. The van der Waals surface area contributed by atoms with E-state index in [-0.39, 0.29) is 11.8 Å². The Labute approximate surface area is 175 Å². The van der Waals surface area contributed by atoms with Gasteiger partial charge in [-0.3, -0.25) is 9.69 Å². The van der Waals surface area contributed by atoms with Gasteiger partial charge in [0.1, 0.15) is 0 Å². The van der Waals surface area contributed by atoms with E-state index < -0.39 is 0 Å². The summed E-state index contributed by atoms with van der Waals surface area (Å²) in [5.41, 5.74) is 1.17. The van der Waals surface area contributed by atoms with Crippen LogP contribution in [-0.4, -0.2) is 55.0 Å². The third-order valence-corrected chi connectivity index (χ3v) is 6.57. The highest BCUT2D eigenvalue weighted by molar-refractivity contribution is 6.31. The summed E-state index contributed by atoms with van der Waals surface area (Å²) in [5, 5.41) is 4.02. The van der Waals surface area contributed by atoms with Crippen LogP contribution in [0.5, 0.6) is 0 Å². The Hall–Kier alpha value is -1.10. The molecule has 0 aliphatic carbocycles. The fourth-order valence-electron chi connectivity index (χ4n) is 4.85. The molecule has 28 heavy (non-hydrogen) atoms. The van der Waals surface area contributed by atoms with E-state index in [1.54, 1.807) is 0 Å². The summed E-state index contributed by atoms with van der Waals surface area (Å²) in [6.45, 7) is 11.8. The first kappa shape index (κ1) is 21.6. The summed E-state index contributed by atoms with van der Waals surface area (Å²) >= 11 is 6.27. The first-order chi connectivity index (χ1) is 13.5. The molecule has 1 N–H and O–H groups in total. The molecule has 2 fully saturated rings. The Kier molecular flexibility index (Phi) is 8.19. The van der Waals surface area contributed by atoms with Crippen molar-refractivity contribution in [1.29, 1.82) is 0 Å². The highest BCUT2D eigenvalue weighted by atomic mass is 35.5. The number of hydrogen-bond acceptors (Lipinski definition) is 3. The van der Waals surface area contributed by atoms with Crippen LogP contribution in [0.2, 0.25) is 5.02 Å². The molecule has 2 saturated heterocycles. The van der Waals surface area contributed by atoms with Crippen LogP contribution in [0.4, 0.5) is 0 Å². The van der Waals surface area contributed by atoms with E-state index in [9.17, 15) is 4.79 Å². The molecule has 0 bridgehead atoms. The topological polar surface area (TPSA) is 35.6 Å². The summed E-state index contributed by atoms with van der Waals surface area (Å²) in [5.74, 6) is 2.01. The number of carbonyl (C=O) groups excluding carboxylic acids is 1. The molecule has 2 heterocycles. The summed E-state index contributed by atoms with van der Waals surface area (Å²) in [4.78, 5) is 17.5. The number of piperidine rings is 2. The quantitative estimate of drug-likeness (QED) is 0.695. The van der Waals surface area contributed by atoms with E-state index in [2.05, 4.69) is 35.0 Å². The molecule has 0 saturated carbocycles. The van der Waals surface area contributed by atoms with Crippen molar-refractivity contribution in [3.8, 4) is 0 Å². The van der Waals surface area contributed by atoms with Crippen molar-refractivity contribution in [1.82, 2.24) is 15.1 Å². The Balaban J connectivity index is 1.31. The molecular weight excluding hydrogens is 370 g/mol. The largest absolute Gasteiger partial charge is 0.356 e. The smallest absolute Gasteiger partial charge is 0.223 e. The summed E-state index contributed by atoms with van der Waals surface area (Å²) < 4.78 is 0. The molecular formula is C23H36ClN3O.